The molecule has 4 aliphatic carbocycles. The zero-order valence-electron chi connectivity index (χ0n) is 20.1. The second kappa shape index (κ2) is 10.7. The Morgan fingerprint density at radius 2 is 1.91 bits per heavy atom. The topological polar surface area (TPSA) is 106 Å². The zero-order valence-corrected chi connectivity index (χ0v) is 20.9. The van der Waals surface area contributed by atoms with Gasteiger partial charge in [0, 0.05) is 30.8 Å². The van der Waals surface area contributed by atoms with Crippen LogP contribution in [0.3, 0.4) is 0 Å². The number of nitrogens with zero attached hydrogens (tertiary/aromatic N) is 3. The molecule has 4 saturated carbocycles. The Labute approximate surface area is 212 Å². The Morgan fingerprint density at radius 1 is 1.11 bits per heavy atom. The molecule has 4 fully saturated rings. The van der Waals surface area contributed by atoms with Gasteiger partial charge in [-0.2, -0.15) is 10.2 Å². The van der Waals surface area contributed by atoms with E-state index in [0.717, 1.165) is 49.2 Å². The van der Waals surface area contributed by atoms with Crippen molar-refractivity contribution in [3.05, 3.63) is 46.6 Å². The number of hydrogen-bond acceptors (Lipinski definition) is 7. The summed E-state index contributed by atoms with van der Waals surface area (Å²) < 4.78 is 0. The molecule has 0 amide bonds. The van der Waals surface area contributed by atoms with Crippen molar-refractivity contribution in [2.24, 2.45) is 23.2 Å². The van der Waals surface area contributed by atoms with Gasteiger partial charge in [0.05, 0.1) is 6.20 Å². The SMILES string of the molecule is N#Cc1cnc(NCc2ccccc2Cl)nc1NCC12CC3C[C@H](C1)C(NCCCCO)[C@@H](C3)C2. The minimum Gasteiger partial charge on any atom is -0.396 e. The number of aliphatic hydroxyl groups is 1. The van der Waals surface area contributed by atoms with Gasteiger partial charge in [-0.3, -0.25) is 0 Å². The molecule has 2 aromatic rings. The van der Waals surface area contributed by atoms with Crippen LogP contribution in [0.2, 0.25) is 5.02 Å². The highest BCUT2D eigenvalue weighted by Crippen LogP contribution is 2.60. The number of hydrogen-bond donors (Lipinski definition) is 4. The standard InChI is InChI=1S/C27H35ClN6O/c28-23-6-2-1-5-19(23)15-31-26-32-16-22(14-29)25(34-26)33-17-27-11-18-9-20(12-27)24(21(10-18)13-27)30-7-3-4-8-35/h1-2,5-6,16,18,20-21,24,30,35H,3-4,7-13,15,17H2,(H2,31,32,33,34)/t18?,20-,21+,24?,27?. The highest BCUT2D eigenvalue weighted by Gasteiger charge is 2.54. The lowest BCUT2D eigenvalue weighted by molar-refractivity contribution is -0.0692. The number of halogens is 1. The summed E-state index contributed by atoms with van der Waals surface area (Å²) in [6.45, 7) is 2.65. The molecule has 0 aliphatic heterocycles. The Hall–Kier alpha value is -2.40. The first-order chi connectivity index (χ1) is 17.1. The number of anilines is 2. The number of rotatable bonds is 11. The number of nitriles is 1. The fourth-order valence-corrected chi connectivity index (χ4v) is 7.22. The minimum atomic E-state index is 0.279. The third-order valence-corrected chi connectivity index (χ3v) is 8.67. The summed E-state index contributed by atoms with van der Waals surface area (Å²) in [7, 11) is 0. The molecule has 0 radical (unpaired) electrons. The van der Waals surface area contributed by atoms with Gasteiger partial charge < -0.3 is 21.1 Å². The van der Waals surface area contributed by atoms with E-state index < -0.39 is 0 Å². The van der Waals surface area contributed by atoms with Gasteiger partial charge in [0.2, 0.25) is 5.95 Å². The highest BCUT2D eigenvalue weighted by molar-refractivity contribution is 6.31. The van der Waals surface area contributed by atoms with Crippen LogP contribution >= 0.6 is 11.6 Å². The maximum atomic E-state index is 9.64. The van der Waals surface area contributed by atoms with Crippen LogP contribution in [0.25, 0.3) is 0 Å². The van der Waals surface area contributed by atoms with Gasteiger partial charge in [-0.15, -0.1) is 0 Å². The third-order valence-electron chi connectivity index (χ3n) is 8.30. The van der Waals surface area contributed by atoms with Gasteiger partial charge in [0.1, 0.15) is 17.5 Å². The van der Waals surface area contributed by atoms with Gasteiger partial charge in [-0.1, -0.05) is 29.8 Å². The summed E-state index contributed by atoms with van der Waals surface area (Å²) in [5.74, 6) is 3.37. The monoisotopic (exact) mass is 494 g/mol. The lowest BCUT2D eigenvalue weighted by Crippen LogP contribution is -2.59. The van der Waals surface area contributed by atoms with E-state index in [1.165, 1.54) is 32.1 Å². The van der Waals surface area contributed by atoms with Gasteiger partial charge in [0.15, 0.2) is 0 Å². The van der Waals surface area contributed by atoms with Crippen molar-refractivity contribution >= 4 is 23.4 Å². The first-order valence-corrected chi connectivity index (χ1v) is 13.3. The van der Waals surface area contributed by atoms with Gasteiger partial charge in [-0.25, -0.2) is 4.98 Å². The normalized spacial score (nSPS) is 28.6. The summed E-state index contributed by atoms with van der Waals surface area (Å²) in [5, 5.41) is 30.0. The summed E-state index contributed by atoms with van der Waals surface area (Å²) in [5.41, 5.74) is 1.73. The lowest BCUT2D eigenvalue weighted by Gasteiger charge is -2.60. The first kappa shape index (κ1) is 24.3. The summed E-state index contributed by atoms with van der Waals surface area (Å²) >= 11 is 6.27. The van der Waals surface area contributed by atoms with Crippen molar-refractivity contribution in [1.29, 1.82) is 5.26 Å². The van der Waals surface area contributed by atoms with Crippen LogP contribution in [-0.2, 0) is 6.54 Å². The molecule has 1 heterocycles. The predicted octanol–water partition coefficient (Wildman–Crippen LogP) is 4.58. The van der Waals surface area contributed by atoms with Crippen molar-refractivity contribution in [2.75, 3.05) is 30.3 Å². The van der Waals surface area contributed by atoms with E-state index in [9.17, 15) is 5.26 Å². The van der Waals surface area contributed by atoms with E-state index in [2.05, 4.69) is 32.0 Å². The molecular formula is C27H35ClN6O. The molecule has 0 spiro atoms. The Morgan fingerprint density at radius 3 is 2.66 bits per heavy atom. The molecule has 7 nitrogen and oxygen atoms in total. The average molecular weight is 495 g/mol. The zero-order chi connectivity index (χ0) is 24.3. The van der Waals surface area contributed by atoms with Crippen molar-refractivity contribution in [1.82, 2.24) is 15.3 Å². The molecule has 1 aromatic carbocycles. The molecule has 4 bridgehead atoms. The van der Waals surface area contributed by atoms with Crippen molar-refractivity contribution in [3.8, 4) is 6.07 Å². The van der Waals surface area contributed by atoms with Crippen LogP contribution in [0.5, 0.6) is 0 Å². The number of aliphatic hydroxyl groups excluding tert-OH is 1. The fraction of sp³-hybridized carbons (Fsp3) is 0.593. The maximum Gasteiger partial charge on any atom is 0.224 e. The summed E-state index contributed by atoms with van der Waals surface area (Å²) in [4.78, 5) is 8.98. The van der Waals surface area contributed by atoms with Crippen LogP contribution < -0.4 is 16.0 Å². The molecule has 35 heavy (non-hydrogen) atoms. The van der Waals surface area contributed by atoms with Gasteiger partial charge in [-0.05, 0) is 86.3 Å². The molecule has 0 saturated heterocycles. The third kappa shape index (κ3) is 5.40. The Balaban J connectivity index is 1.23. The molecule has 8 heteroatoms. The van der Waals surface area contributed by atoms with Gasteiger partial charge in [0.25, 0.3) is 0 Å². The van der Waals surface area contributed by atoms with E-state index in [1.54, 1.807) is 6.20 Å². The summed E-state index contributed by atoms with van der Waals surface area (Å²) in [6, 6.07) is 10.6. The quantitative estimate of drug-likeness (QED) is 0.339. The van der Waals surface area contributed by atoms with Crippen LogP contribution in [-0.4, -0.2) is 40.8 Å². The number of unbranched alkanes of at least 4 members (excludes halogenated alkanes) is 1. The van der Waals surface area contributed by atoms with Gasteiger partial charge >= 0.3 is 0 Å². The molecule has 5 atom stereocenters. The van der Waals surface area contributed by atoms with Crippen LogP contribution in [0, 0.1) is 34.5 Å². The summed E-state index contributed by atoms with van der Waals surface area (Å²) in [6.07, 6.45) is 9.92. The van der Waals surface area contributed by atoms with E-state index in [-0.39, 0.29) is 12.0 Å². The van der Waals surface area contributed by atoms with Crippen molar-refractivity contribution in [2.45, 2.75) is 57.5 Å². The molecule has 3 unspecified atom stereocenters. The average Bonchev–Trinajstić information content (AvgIpc) is 2.86. The largest absolute Gasteiger partial charge is 0.396 e. The van der Waals surface area contributed by atoms with E-state index in [0.29, 0.717) is 34.9 Å². The van der Waals surface area contributed by atoms with E-state index in [1.807, 2.05) is 24.3 Å². The van der Waals surface area contributed by atoms with Crippen LogP contribution in [0.15, 0.2) is 30.5 Å². The molecular weight excluding hydrogens is 460 g/mol. The number of aromatic nitrogens is 2. The molecule has 6 rings (SSSR count). The molecule has 186 valence electrons. The second-order valence-electron chi connectivity index (χ2n) is 10.7. The smallest absolute Gasteiger partial charge is 0.224 e. The van der Waals surface area contributed by atoms with Crippen LogP contribution in [0.1, 0.15) is 56.1 Å². The predicted molar refractivity (Wildman–Crippen MR) is 138 cm³/mol. The van der Waals surface area contributed by atoms with E-state index >= 15 is 0 Å². The maximum absolute atomic E-state index is 9.64. The van der Waals surface area contributed by atoms with Crippen LogP contribution in [0.4, 0.5) is 11.8 Å². The fourth-order valence-electron chi connectivity index (χ4n) is 7.02. The number of nitrogens with one attached hydrogen (secondary N) is 3. The van der Waals surface area contributed by atoms with E-state index in [4.69, 9.17) is 16.7 Å². The number of benzene rings is 1. The van der Waals surface area contributed by atoms with Crippen molar-refractivity contribution in [3.63, 3.8) is 0 Å². The highest BCUT2D eigenvalue weighted by atomic mass is 35.5. The molecule has 4 aliphatic rings. The van der Waals surface area contributed by atoms with Crippen molar-refractivity contribution < 1.29 is 5.11 Å². The molecule has 1 aromatic heterocycles. The first-order valence-electron chi connectivity index (χ1n) is 12.9. The molecule has 4 N–H and O–H groups in total. The second-order valence-corrected chi connectivity index (χ2v) is 11.2. The minimum absolute atomic E-state index is 0.279. The Bertz CT molecular complexity index is 1060. The lowest BCUT2D eigenvalue weighted by atomic mass is 9.48. The Kier molecular flexibility index (Phi) is 7.43.